The van der Waals surface area contributed by atoms with Crippen LogP contribution in [0.25, 0.3) is 0 Å². The van der Waals surface area contributed by atoms with Crippen LogP contribution < -0.4 is 4.72 Å². The molecule has 90 valence electrons. The van der Waals surface area contributed by atoms with Gasteiger partial charge in [-0.3, -0.25) is 9.82 Å². The average Bonchev–Trinajstić information content (AvgIpc) is 2.77. The molecule has 2 aromatic rings. The number of benzene rings is 1. The predicted octanol–water partition coefficient (Wildman–Crippen LogP) is 2.11. The van der Waals surface area contributed by atoms with E-state index >= 15 is 0 Å². The third-order valence-corrected chi connectivity index (χ3v) is 3.78. The van der Waals surface area contributed by atoms with E-state index in [4.69, 9.17) is 0 Å². The van der Waals surface area contributed by atoms with Crippen molar-refractivity contribution >= 4 is 31.6 Å². The first-order valence-electron chi connectivity index (χ1n) is 4.46. The Labute approximate surface area is 105 Å². The molecule has 0 radical (unpaired) electrons. The van der Waals surface area contributed by atoms with Gasteiger partial charge < -0.3 is 0 Å². The summed E-state index contributed by atoms with van der Waals surface area (Å²) in [6.07, 6.45) is 2.34. The molecule has 0 saturated carbocycles. The van der Waals surface area contributed by atoms with Gasteiger partial charge in [0.1, 0.15) is 10.7 Å². The topological polar surface area (TPSA) is 74.8 Å². The Morgan fingerprint density at radius 1 is 1.41 bits per heavy atom. The van der Waals surface area contributed by atoms with Crippen LogP contribution in [-0.4, -0.2) is 18.6 Å². The summed E-state index contributed by atoms with van der Waals surface area (Å²) in [7, 11) is -3.81. The van der Waals surface area contributed by atoms with Gasteiger partial charge in [-0.2, -0.15) is 5.10 Å². The molecule has 2 N–H and O–H groups in total. The van der Waals surface area contributed by atoms with E-state index in [0.29, 0.717) is 4.47 Å². The van der Waals surface area contributed by atoms with Crippen LogP contribution in [0.2, 0.25) is 0 Å². The molecule has 0 aliphatic carbocycles. The number of nitrogens with one attached hydrogen (secondary N) is 2. The molecule has 1 heterocycles. The smallest absolute Gasteiger partial charge is 0.265 e. The number of anilines is 1. The highest BCUT2D eigenvalue weighted by Gasteiger charge is 2.17. The molecular weight excluding hydrogens is 313 g/mol. The van der Waals surface area contributed by atoms with Crippen molar-refractivity contribution in [2.75, 3.05) is 4.72 Å². The van der Waals surface area contributed by atoms with Crippen molar-refractivity contribution in [3.05, 3.63) is 40.9 Å². The van der Waals surface area contributed by atoms with Crippen LogP contribution in [0.4, 0.5) is 10.1 Å². The minimum absolute atomic E-state index is 0.0584. The zero-order valence-corrected chi connectivity index (χ0v) is 10.7. The van der Waals surface area contributed by atoms with Crippen molar-refractivity contribution < 1.29 is 12.8 Å². The van der Waals surface area contributed by atoms with Gasteiger partial charge in [-0.15, -0.1) is 0 Å². The molecule has 0 saturated heterocycles. The van der Waals surface area contributed by atoms with Crippen LogP contribution in [0.15, 0.2) is 40.0 Å². The molecule has 0 amide bonds. The normalized spacial score (nSPS) is 11.4. The molecule has 8 heteroatoms. The first kappa shape index (κ1) is 12.1. The summed E-state index contributed by atoms with van der Waals surface area (Å²) in [5.41, 5.74) is -0.124. The van der Waals surface area contributed by atoms with Crippen molar-refractivity contribution in [3.8, 4) is 0 Å². The molecular formula is C9H7BrFN3O2S. The van der Waals surface area contributed by atoms with Gasteiger partial charge in [-0.05, 0) is 18.2 Å². The Morgan fingerprint density at radius 2 is 2.18 bits per heavy atom. The lowest BCUT2D eigenvalue weighted by Crippen LogP contribution is -2.13. The molecule has 2 rings (SSSR count). The van der Waals surface area contributed by atoms with Crippen molar-refractivity contribution in [1.82, 2.24) is 10.2 Å². The van der Waals surface area contributed by atoms with Crippen molar-refractivity contribution in [3.63, 3.8) is 0 Å². The monoisotopic (exact) mass is 319 g/mol. The quantitative estimate of drug-likeness (QED) is 0.909. The number of hydrogen-bond acceptors (Lipinski definition) is 3. The van der Waals surface area contributed by atoms with Gasteiger partial charge in [0.25, 0.3) is 10.0 Å². The lowest BCUT2D eigenvalue weighted by molar-refractivity contribution is 0.598. The number of aromatic nitrogens is 2. The fourth-order valence-electron chi connectivity index (χ4n) is 1.17. The molecule has 17 heavy (non-hydrogen) atoms. The van der Waals surface area contributed by atoms with E-state index < -0.39 is 15.8 Å². The Bertz CT molecular complexity index is 628. The number of hydrogen-bond donors (Lipinski definition) is 2. The minimum Gasteiger partial charge on any atom is -0.284 e. The maximum atomic E-state index is 13.4. The molecule has 0 atom stereocenters. The van der Waals surface area contributed by atoms with Crippen LogP contribution in [-0.2, 0) is 10.0 Å². The van der Waals surface area contributed by atoms with Crippen LogP contribution >= 0.6 is 15.9 Å². The zero-order chi connectivity index (χ0) is 12.5. The molecule has 0 fully saturated rings. The number of H-pyrrole nitrogens is 1. The molecule has 0 unspecified atom stereocenters. The minimum atomic E-state index is -3.81. The van der Waals surface area contributed by atoms with Crippen molar-refractivity contribution in [1.29, 1.82) is 0 Å². The summed E-state index contributed by atoms with van der Waals surface area (Å²) in [5.74, 6) is -0.653. The van der Waals surface area contributed by atoms with Gasteiger partial charge in [-0.25, -0.2) is 12.8 Å². The zero-order valence-electron chi connectivity index (χ0n) is 8.31. The first-order chi connectivity index (χ1) is 7.99. The van der Waals surface area contributed by atoms with Crippen LogP contribution in [0.3, 0.4) is 0 Å². The number of halogens is 2. The SMILES string of the molecule is O=S(=O)(Nc1cc(Br)ccc1F)c1cn[nH]c1. The van der Waals surface area contributed by atoms with Gasteiger partial charge >= 0.3 is 0 Å². The Balaban J connectivity index is 2.36. The number of aromatic amines is 1. The highest BCUT2D eigenvalue weighted by molar-refractivity contribution is 9.10. The average molecular weight is 320 g/mol. The molecule has 5 nitrogen and oxygen atoms in total. The molecule has 0 bridgehead atoms. The first-order valence-corrected chi connectivity index (χ1v) is 6.73. The molecule has 0 aliphatic rings. The second-order valence-electron chi connectivity index (χ2n) is 3.16. The Kier molecular flexibility index (Phi) is 3.16. The highest BCUT2D eigenvalue weighted by Crippen LogP contribution is 2.22. The molecule has 0 aliphatic heterocycles. The number of nitrogens with zero attached hydrogens (tertiary/aromatic N) is 1. The van der Waals surface area contributed by atoms with Gasteiger partial charge in [0.05, 0.1) is 11.9 Å². The number of sulfonamides is 1. The fraction of sp³-hybridized carbons (Fsp3) is 0. The van der Waals surface area contributed by atoms with Crippen molar-refractivity contribution in [2.45, 2.75) is 4.90 Å². The summed E-state index contributed by atoms with van der Waals surface area (Å²) in [6.45, 7) is 0. The Morgan fingerprint density at radius 3 is 2.82 bits per heavy atom. The van der Waals surface area contributed by atoms with E-state index in [1.807, 2.05) is 0 Å². The van der Waals surface area contributed by atoms with Gasteiger partial charge in [0, 0.05) is 10.7 Å². The number of rotatable bonds is 3. The summed E-state index contributed by atoms with van der Waals surface area (Å²) in [6, 6.07) is 3.98. The predicted molar refractivity (Wildman–Crippen MR) is 63.5 cm³/mol. The molecule has 1 aromatic carbocycles. The van der Waals surface area contributed by atoms with Crippen molar-refractivity contribution in [2.24, 2.45) is 0 Å². The van der Waals surface area contributed by atoms with Gasteiger partial charge in [0.15, 0.2) is 0 Å². The highest BCUT2D eigenvalue weighted by atomic mass is 79.9. The fourth-order valence-corrected chi connectivity index (χ4v) is 2.49. The van der Waals surface area contributed by atoms with E-state index in [-0.39, 0.29) is 10.6 Å². The van der Waals surface area contributed by atoms with E-state index in [9.17, 15) is 12.8 Å². The van der Waals surface area contributed by atoms with Crippen LogP contribution in [0.1, 0.15) is 0 Å². The standard InChI is InChI=1S/C9H7BrFN3O2S/c10-6-1-2-8(11)9(3-6)14-17(15,16)7-4-12-13-5-7/h1-5,14H,(H,12,13). The molecule has 1 aromatic heterocycles. The lowest BCUT2D eigenvalue weighted by atomic mass is 10.3. The summed E-state index contributed by atoms with van der Waals surface area (Å²) in [5, 5.41) is 5.90. The second kappa shape index (κ2) is 4.46. The van der Waals surface area contributed by atoms with Gasteiger partial charge in [0.2, 0.25) is 0 Å². The van der Waals surface area contributed by atoms with E-state index in [0.717, 1.165) is 12.3 Å². The van der Waals surface area contributed by atoms with Crippen LogP contribution in [0, 0.1) is 5.82 Å². The van der Waals surface area contributed by atoms with E-state index in [2.05, 4.69) is 30.8 Å². The van der Waals surface area contributed by atoms with E-state index in [1.165, 1.54) is 18.3 Å². The third kappa shape index (κ3) is 2.64. The van der Waals surface area contributed by atoms with Crippen LogP contribution in [0.5, 0.6) is 0 Å². The lowest BCUT2D eigenvalue weighted by Gasteiger charge is -2.07. The summed E-state index contributed by atoms with van der Waals surface area (Å²) in [4.78, 5) is -0.0584. The maximum absolute atomic E-state index is 13.4. The largest absolute Gasteiger partial charge is 0.284 e. The maximum Gasteiger partial charge on any atom is 0.265 e. The van der Waals surface area contributed by atoms with E-state index in [1.54, 1.807) is 0 Å². The molecule has 0 spiro atoms. The summed E-state index contributed by atoms with van der Waals surface area (Å²) >= 11 is 3.13. The van der Waals surface area contributed by atoms with Gasteiger partial charge in [-0.1, -0.05) is 15.9 Å². The Hall–Kier alpha value is -1.41. The second-order valence-corrected chi connectivity index (χ2v) is 5.76. The third-order valence-electron chi connectivity index (χ3n) is 1.96. The summed E-state index contributed by atoms with van der Waals surface area (Å²) < 4.78 is 39.6.